The molecule has 28 heavy (non-hydrogen) atoms. The molecule has 0 radical (unpaired) electrons. The van der Waals surface area contributed by atoms with E-state index < -0.39 is 11.7 Å². The van der Waals surface area contributed by atoms with Gasteiger partial charge < -0.3 is 0 Å². The fraction of sp³-hybridized carbons (Fsp3) is 0.435. The van der Waals surface area contributed by atoms with E-state index in [2.05, 4.69) is 18.5 Å². The highest BCUT2D eigenvalue weighted by Crippen LogP contribution is 2.33. The molecule has 0 saturated carbocycles. The molecule has 0 bridgehead atoms. The van der Waals surface area contributed by atoms with Gasteiger partial charge in [-0.15, -0.1) is 0 Å². The topological polar surface area (TPSA) is 16.1 Å². The van der Waals surface area contributed by atoms with Crippen molar-refractivity contribution < 1.29 is 13.2 Å². The van der Waals surface area contributed by atoms with Crippen molar-refractivity contribution in [2.24, 2.45) is 0 Å². The summed E-state index contributed by atoms with van der Waals surface area (Å²) in [6.45, 7) is 6.40. The van der Waals surface area contributed by atoms with E-state index in [-0.39, 0.29) is 0 Å². The van der Waals surface area contributed by atoms with E-state index in [1.807, 2.05) is 35.2 Å². The van der Waals surface area contributed by atoms with Gasteiger partial charge in [0, 0.05) is 17.6 Å². The third-order valence-corrected chi connectivity index (χ3v) is 4.70. The van der Waals surface area contributed by atoms with E-state index in [9.17, 15) is 13.2 Å². The molecule has 0 amide bonds. The molecule has 1 aromatic carbocycles. The summed E-state index contributed by atoms with van der Waals surface area (Å²) in [5.41, 5.74) is 0.941. The fourth-order valence-corrected chi connectivity index (χ4v) is 3.14. The summed E-state index contributed by atoms with van der Waals surface area (Å²) in [7, 11) is 0. The molecule has 0 spiro atoms. The van der Waals surface area contributed by atoms with E-state index in [1.165, 1.54) is 38.2 Å². The Hall–Kier alpha value is -2.30. The Balaban J connectivity index is 2.05. The number of alkyl halides is 3. The van der Waals surface area contributed by atoms with Gasteiger partial charge in [0.25, 0.3) is 0 Å². The minimum Gasteiger partial charge on any atom is -0.299 e. The molecular formula is C23H29F3N2. The third kappa shape index (κ3) is 6.70. The second kappa shape index (κ2) is 10.9. The van der Waals surface area contributed by atoms with E-state index in [1.54, 1.807) is 0 Å². The van der Waals surface area contributed by atoms with Gasteiger partial charge in [-0.25, -0.2) is 4.98 Å². The van der Waals surface area contributed by atoms with Crippen molar-refractivity contribution >= 4 is 11.5 Å². The van der Waals surface area contributed by atoms with E-state index in [0.717, 1.165) is 42.9 Å². The summed E-state index contributed by atoms with van der Waals surface area (Å²) in [6.07, 6.45) is 5.68. The van der Waals surface area contributed by atoms with E-state index >= 15 is 0 Å². The summed E-state index contributed by atoms with van der Waals surface area (Å²) in [4.78, 5) is 5.91. The zero-order valence-corrected chi connectivity index (χ0v) is 16.5. The average molecular weight is 390 g/mol. The molecule has 2 rings (SSSR count). The number of anilines is 2. The van der Waals surface area contributed by atoms with Gasteiger partial charge in [-0.3, -0.25) is 4.90 Å². The molecule has 0 atom stereocenters. The number of hydrogen-bond donors (Lipinski definition) is 0. The van der Waals surface area contributed by atoms with Crippen molar-refractivity contribution in [1.29, 1.82) is 0 Å². The molecular weight excluding hydrogens is 361 g/mol. The number of aromatic nitrogens is 1. The molecule has 1 heterocycles. The van der Waals surface area contributed by atoms with Crippen molar-refractivity contribution in [2.75, 3.05) is 4.90 Å². The zero-order chi connectivity index (χ0) is 20.4. The first-order chi connectivity index (χ1) is 13.4. The van der Waals surface area contributed by atoms with Crippen LogP contribution in [-0.2, 0) is 6.18 Å². The maximum Gasteiger partial charge on any atom is 0.417 e. The van der Waals surface area contributed by atoms with Gasteiger partial charge in [-0.2, -0.15) is 13.2 Å². The van der Waals surface area contributed by atoms with Crippen LogP contribution in [0.4, 0.5) is 24.7 Å². The van der Waals surface area contributed by atoms with Crippen LogP contribution in [0.3, 0.4) is 0 Å². The second-order valence-corrected chi connectivity index (χ2v) is 7.01. The monoisotopic (exact) mass is 390 g/mol. The molecule has 5 heteroatoms. The maximum absolute atomic E-state index is 12.8. The first kappa shape index (κ1) is 22.0. The quantitative estimate of drug-likeness (QED) is 0.363. The first-order valence-electron chi connectivity index (χ1n) is 9.99. The number of pyridine rings is 1. The van der Waals surface area contributed by atoms with Crippen LogP contribution < -0.4 is 4.90 Å². The fourth-order valence-electron chi connectivity index (χ4n) is 3.14. The maximum atomic E-state index is 12.8. The Kier molecular flexibility index (Phi) is 8.55. The normalized spacial score (nSPS) is 11.4. The SMILES string of the molecule is C=C(CCCCCCCCC)N(c1ccccc1)c1ccc(C(F)(F)F)cn1. The highest BCUT2D eigenvalue weighted by atomic mass is 19.4. The minimum absolute atomic E-state index is 0.451. The van der Waals surface area contributed by atoms with Crippen molar-refractivity contribution in [3.63, 3.8) is 0 Å². The van der Waals surface area contributed by atoms with Crippen LogP contribution in [-0.4, -0.2) is 4.98 Å². The van der Waals surface area contributed by atoms with Gasteiger partial charge in [0.05, 0.1) is 5.56 Å². The van der Waals surface area contributed by atoms with Gasteiger partial charge in [-0.05, 0) is 37.1 Å². The summed E-state index contributed by atoms with van der Waals surface area (Å²) >= 11 is 0. The molecule has 0 N–H and O–H groups in total. The molecule has 0 aliphatic carbocycles. The molecule has 0 unspecified atom stereocenters. The lowest BCUT2D eigenvalue weighted by molar-refractivity contribution is -0.137. The smallest absolute Gasteiger partial charge is 0.299 e. The Bertz CT molecular complexity index is 709. The molecule has 0 saturated heterocycles. The summed E-state index contributed by atoms with van der Waals surface area (Å²) in [6, 6.07) is 12.0. The number of hydrogen-bond acceptors (Lipinski definition) is 2. The van der Waals surface area contributed by atoms with Crippen LogP contribution in [0.5, 0.6) is 0 Å². The standard InChI is InChI=1S/C23H29F3N2/c1-3-4-5-6-7-8-10-13-19(2)28(21-14-11-9-12-15-21)22-17-16-20(18-27-22)23(24,25)26/h9,11-12,14-18H,2-8,10,13H2,1H3. The van der Waals surface area contributed by atoms with E-state index in [4.69, 9.17) is 0 Å². The van der Waals surface area contributed by atoms with Crippen molar-refractivity contribution in [1.82, 2.24) is 4.98 Å². The molecule has 2 aromatic rings. The number of para-hydroxylation sites is 1. The number of allylic oxidation sites excluding steroid dienone is 1. The number of halogens is 3. The third-order valence-electron chi connectivity index (χ3n) is 4.70. The summed E-state index contributed by atoms with van der Waals surface area (Å²) in [5.74, 6) is 0.451. The molecule has 0 fully saturated rings. The lowest BCUT2D eigenvalue weighted by Crippen LogP contribution is -2.17. The largest absolute Gasteiger partial charge is 0.417 e. The predicted molar refractivity (Wildman–Crippen MR) is 110 cm³/mol. The number of rotatable bonds is 11. The molecule has 2 nitrogen and oxygen atoms in total. The van der Waals surface area contributed by atoms with E-state index in [0.29, 0.717) is 5.82 Å². The first-order valence-corrected chi connectivity index (χ1v) is 9.99. The average Bonchev–Trinajstić information content (AvgIpc) is 2.68. The molecule has 1 aromatic heterocycles. The number of nitrogens with zero attached hydrogens (tertiary/aromatic N) is 2. The number of benzene rings is 1. The van der Waals surface area contributed by atoms with Crippen LogP contribution in [0, 0.1) is 0 Å². The highest BCUT2D eigenvalue weighted by Gasteiger charge is 2.31. The second-order valence-electron chi connectivity index (χ2n) is 7.01. The van der Waals surface area contributed by atoms with Crippen molar-refractivity contribution in [3.05, 3.63) is 66.5 Å². The molecule has 152 valence electrons. The van der Waals surface area contributed by atoms with Gasteiger partial charge in [0.2, 0.25) is 0 Å². The summed E-state index contributed by atoms with van der Waals surface area (Å²) in [5, 5.41) is 0. The minimum atomic E-state index is -4.39. The Morgan fingerprint density at radius 2 is 1.57 bits per heavy atom. The van der Waals surface area contributed by atoms with Gasteiger partial charge in [0.15, 0.2) is 0 Å². The van der Waals surface area contributed by atoms with Crippen molar-refractivity contribution in [2.45, 2.75) is 64.5 Å². The van der Waals surface area contributed by atoms with Gasteiger partial charge >= 0.3 is 6.18 Å². The summed E-state index contributed by atoms with van der Waals surface area (Å²) < 4.78 is 38.5. The number of unbranched alkanes of at least 4 members (excludes halogenated alkanes) is 6. The lowest BCUT2D eigenvalue weighted by atomic mass is 10.1. The zero-order valence-electron chi connectivity index (χ0n) is 16.5. The van der Waals surface area contributed by atoms with Crippen LogP contribution in [0.15, 0.2) is 60.9 Å². The molecule has 0 aliphatic rings. The Labute approximate surface area is 166 Å². The molecule has 0 aliphatic heterocycles. The Morgan fingerprint density at radius 3 is 2.14 bits per heavy atom. The predicted octanol–water partition coefficient (Wildman–Crippen LogP) is 7.89. The highest BCUT2D eigenvalue weighted by molar-refractivity contribution is 5.65. The van der Waals surface area contributed by atoms with Crippen molar-refractivity contribution in [3.8, 4) is 0 Å². The van der Waals surface area contributed by atoms with Crippen LogP contribution in [0.25, 0.3) is 0 Å². The van der Waals surface area contributed by atoms with Crippen LogP contribution in [0.1, 0.15) is 63.9 Å². The Morgan fingerprint density at radius 1 is 0.929 bits per heavy atom. The van der Waals surface area contributed by atoms with Crippen LogP contribution in [0.2, 0.25) is 0 Å². The lowest BCUT2D eigenvalue weighted by Gasteiger charge is -2.26. The van der Waals surface area contributed by atoms with Crippen LogP contribution >= 0.6 is 0 Å². The van der Waals surface area contributed by atoms with Gasteiger partial charge in [0.1, 0.15) is 5.82 Å². The van der Waals surface area contributed by atoms with Gasteiger partial charge in [-0.1, -0.05) is 70.2 Å².